The van der Waals surface area contributed by atoms with Gasteiger partial charge >= 0.3 is 0 Å². The Kier molecular flexibility index (Phi) is 8.25. The smallest absolute Gasteiger partial charge is 0.230 e. The summed E-state index contributed by atoms with van der Waals surface area (Å²) >= 11 is 1.55. The molecule has 0 radical (unpaired) electrons. The Labute approximate surface area is 108 Å². The molecule has 0 fully saturated rings. The second-order valence-corrected chi connectivity index (χ2v) is 5.82. The molecule has 17 heavy (non-hydrogen) atoms. The van der Waals surface area contributed by atoms with Crippen LogP contribution >= 0.6 is 11.8 Å². The van der Waals surface area contributed by atoms with Crippen molar-refractivity contribution in [2.24, 2.45) is 11.7 Å². The summed E-state index contributed by atoms with van der Waals surface area (Å²) in [5.41, 5.74) is 5.61. The van der Waals surface area contributed by atoms with Gasteiger partial charge in [-0.15, -0.1) is 0 Å². The summed E-state index contributed by atoms with van der Waals surface area (Å²) in [6.07, 6.45) is 0.901. The van der Waals surface area contributed by atoms with Crippen molar-refractivity contribution in [2.45, 2.75) is 46.2 Å². The van der Waals surface area contributed by atoms with E-state index in [-0.39, 0.29) is 29.7 Å². The lowest BCUT2D eigenvalue weighted by Gasteiger charge is -2.19. The Hall–Kier alpha value is -0.550. The van der Waals surface area contributed by atoms with Crippen molar-refractivity contribution in [3.05, 3.63) is 0 Å². The molecule has 0 aliphatic carbocycles. The van der Waals surface area contributed by atoms with Crippen molar-refractivity contribution < 1.29 is 9.59 Å². The predicted molar refractivity (Wildman–Crippen MR) is 73.0 cm³/mol. The molecule has 0 aromatic rings. The van der Waals surface area contributed by atoms with Crippen molar-refractivity contribution in [1.29, 1.82) is 0 Å². The van der Waals surface area contributed by atoms with Gasteiger partial charge in [-0.1, -0.05) is 13.8 Å². The van der Waals surface area contributed by atoms with Crippen LogP contribution in [0.4, 0.5) is 0 Å². The molecule has 0 saturated heterocycles. The number of Topliss-reactive ketones (excluding diaryl/α,β-unsaturated/α-hetero) is 1. The molecule has 4 nitrogen and oxygen atoms in total. The highest BCUT2D eigenvalue weighted by Crippen LogP contribution is 2.06. The van der Waals surface area contributed by atoms with Gasteiger partial charge in [-0.3, -0.25) is 9.59 Å². The number of carbonyl (C=O) groups is 2. The number of rotatable bonds is 8. The summed E-state index contributed by atoms with van der Waals surface area (Å²) in [6, 6.07) is -0.192. The monoisotopic (exact) mass is 260 g/mol. The number of ketones is 1. The van der Waals surface area contributed by atoms with E-state index < -0.39 is 0 Å². The minimum Gasteiger partial charge on any atom is -0.345 e. The van der Waals surface area contributed by atoms with Crippen LogP contribution < -0.4 is 11.1 Å². The molecule has 0 aromatic carbocycles. The Morgan fingerprint density at radius 1 is 1.29 bits per heavy atom. The minimum atomic E-state index is -0.364. The number of hydrogen-bond donors (Lipinski definition) is 2. The Balaban J connectivity index is 3.87. The van der Waals surface area contributed by atoms with Crippen molar-refractivity contribution >= 4 is 23.5 Å². The molecule has 100 valence electrons. The highest BCUT2D eigenvalue weighted by atomic mass is 32.2. The third kappa shape index (κ3) is 8.21. The average molecular weight is 260 g/mol. The second-order valence-electron chi connectivity index (χ2n) is 4.72. The lowest BCUT2D eigenvalue weighted by atomic mass is 10.0. The lowest BCUT2D eigenvalue weighted by Crippen LogP contribution is -2.44. The van der Waals surface area contributed by atoms with Crippen LogP contribution in [0.2, 0.25) is 0 Å². The highest BCUT2D eigenvalue weighted by Gasteiger charge is 2.20. The zero-order chi connectivity index (χ0) is 13.4. The molecule has 3 N–H and O–H groups in total. The molecular formula is C12H24N2O2S. The summed E-state index contributed by atoms with van der Waals surface area (Å²) in [7, 11) is 0. The normalized spacial score (nSPS) is 14.5. The molecule has 0 bridgehead atoms. The van der Waals surface area contributed by atoms with E-state index in [1.165, 1.54) is 6.92 Å². The minimum absolute atomic E-state index is 0.00827. The van der Waals surface area contributed by atoms with Crippen molar-refractivity contribution in [2.75, 3.05) is 11.5 Å². The maximum Gasteiger partial charge on any atom is 0.230 e. The fourth-order valence-corrected chi connectivity index (χ4v) is 2.34. The molecule has 0 saturated carbocycles. The number of hydrogen-bond acceptors (Lipinski definition) is 4. The van der Waals surface area contributed by atoms with Gasteiger partial charge in [0.15, 0.2) is 5.78 Å². The van der Waals surface area contributed by atoms with Gasteiger partial charge in [-0.25, -0.2) is 0 Å². The topological polar surface area (TPSA) is 72.2 Å². The van der Waals surface area contributed by atoms with Crippen molar-refractivity contribution in [3.63, 3.8) is 0 Å². The molecule has 0 aliphatic heterocycles. The van der Waals surface area contributed by atoms with E-state index in [1.807, 2.05) is 20.8 Å². The summed E-state index contributed by atoms with van der Waals surface area (Å²) in [5, 5.41) is 2.76. The third-order valence-electron chi connectivity index (χ3n) is 2.37. The van der Waals surface area contributed by atoms with Gasteiger partial charge in [0.25, 0.3) is 0 Å². The van der Waals surface area contributed by atoms with Crippen LogP contribution in [0.25, 0.3) is 0 Å². The fourth-order valence-electron chi connectivity index (χ4n) is 1.39. The first kappa shape index (κ1) is 16.4. The third-order valence-corrected chi connectivity index (χ3v) is 3.36. The zero-order valence-electron chi connectivity index (χ0n) is 11.2. The number of nitrogens with one attached hydrogen (secondary N) is 1. The Morgan fingerprint density at radius 2 is 1.88 bits per heavy atom. The first-order valence-electron chi connectivity index (χ1n) is 5.97. The van der Waals surface area contributed by atoms with Crippen LogP contribution in [0.3, 0.4) is 0 Å². The summed E-state index contributed by atoms with van der Waals surface area (Å²) in [5.74, 6) is 1.33. The first-order valence-corrected chi connectivity index (χ1v) is 7.13. The molecule has 1 amide bonds. The van der Waals surface area contributed by atoms with Gasteiger partial charge in [0.1, 0.15) is 0 Å². The molecule has 2 unspecified atom stereocenters. The van der Waals surface area contributed by atoms with Crippen LogP contribution in [0.15, 0.2) is 0 Å². The summed E-state index contributed by atoms with van der Waals surface area (Å²) in [4.78, 5) is 22.9. The van der Waals surface area contributed by atoms with Gasteiger partial charge in [0, 0.05) is 6.04 Å². The fraction of sp³-hybridized carbons (Fsp3) is 0.833. The van der Waals surface area contributed by atoms with E-state index in [4.69, 9.17) is 5.73 Å². The Morgan fingerprint density at radius 3 is 2.29 bits per heavy atom. The number of nitrogens with two attached hydrogens (primary N) is 1. The maximum absolute atomic E-state index is 11.6. The molecule has 0 spiro atoms. The van der Waals surface area contributed by atoms with Gasteiger partial charge in [0.05, 0.1) is 11.8 Å². The van der Waals surface area contributed by atoms with E-state index in [0.29, 0.717) is 5.75 Å². The molecule has 0 heterocycles. The summed E-state index contributed by atoms with van der Waals surface area (Å²) in [6.45, 7) is 7.31. The van der Waals surface area contributed by atoms with Crippen LogP contribution in [0.5, 0.6) is 0 Å². The number of carbonyl (C=O) groups excluding carboxylic acids is 2. The number of amides is 1. The van der Waals surface area contributed by atoms with Crippen LogP contribution in [-0.2, 0) is 9.59 Å². The van der Waals surface area contributed by atoms with Gasteiger partial charge in [-0.05, 0) is 31.9 Å². The summed E-state index contributed by atoms with van der Waals surface area (Å²) < 4.78 is 0. The van der Waals surface area contributed by atoms with Crippen LogP contribution in [0, 0.1) is 5.92 Å². The standard InChI is InChI=1S/C12H24N2O2S/c1-8(2)12(10(4)15)14-11(16)7-17-6-5-9(3)13/h8-9,12H,5-7,13H2,1-4H3,(H,14,16). The Bertz CT molecular complexity index is 255. The quantitative estimate of drug-likeness (QED) is 0.643. The van der Waals surface area contributed by atoms with Crippen molar-refractivity contribution in [3.8, 4) is 0 Å². The number of thioether (sulfide) groups is 1. The van der Waals surface area contributed by atoms with E-state index in [9.17, 15) is 9.59 Å². The van der Waals surface area contributed by atoms with E-state index >= 15 is 0 Å². The SMILES string of the molecule is CC(=O)C(NC(=O)CSCCC(C)N)C(C)C. The van der Waals surface area contributed by atoms with Gasteiger partial charge < -0.3 is 11.1 Å². The van der Waals surface area contributed by atoms with E-state index in [1.54, 1.807) is 11.8 Å². The van der Waals surface area contributed by atoms with Crippen LogP contribution in [0.1, 0.15) is 34.1 Å². The molecule has 5 heteroatoms. The van der Waals surface area contributed by atoms with E-state index in [2.05, 4.69) is 5.32 Å². The lowest BCUT2D eigenvalue weighted by molar-refractivity contribution is -0.126. The second kappa shape index (κ2) is 8.53. The largest absolute Gasteiger partial charge is 0.345 e. The maximum atomic E-state index is 11.6. The zero-order valence-corrected chi connectivity index (χ0v) is 12.0. The molecule has 0 rings (SSSR count). The molecule has 2 atom stereocenters. The first-order chi connectivity index (χ1) is 7.84. The van der Waals surface area contributed by atoms with Gasteiger partial charge in [0.2, 0.25) is 5.91 Å². The van der Waals surface area contributed by atoms with Crippen molar-refractivity contribution in [1.82, 2.24) is 5.32 Å². The van der Waals surface area contributed by atoms with E-state index in [0.717, 1.165) is 12.2 Å². The molecule has 0 aromatic heterocycles. The molecule has 0 aliphatic rings. The average Bonchev–Trinajstić information content (AvgIpc) is 2.19. The molecular weight excluding hydrogens is 236 g/mol. The van der Waals surface area contributed by atoms with Gasteiger partial charge in [-0.2, -0.15) is 11.8 Å². The van der Waals surface area contributed by atoms with Crippen LogP contribution in [-0.4, -0.2) is 35.3 Å². The highest BCUT2D eigenvalue weighted by molar-refractivity contribution is 7.99. The predicted octanol–water partition coefficient (Wildman–Crippen LogP) is 1.19.